The molecule has 15 atom stereocenters. The molecule has 0 radical (unpaired) electrons. The Balaban J connectivity index is 2.09. The first kappa shape index (κ1) is 57.1. The number of thiocarbonyl (C=S) groups is 1. The van der Waals surface area contributed by atoms with Crippen LogP contribution in [0.25, 0.3) is 0 Å². The number of carbonyl (C=O) groups is 4. The minimum absolute atomic E-state index is 0.0721. The van der Waals surface area contributed by atoms with Gasteiger partial charge in [-0.3, -0.25) is 0 Å². The van der Waals surface area contributed by atoms with Crippen molar-refractivity contribution in [2.45, 2.75) is 204 Å². The maximum absolute atomic E-state index is 13.4. The van der Waals surface area contributed by atoms with Crippen LogP contribution in [-0.4, -0.2) is 199 Å². The Kier molecular flexibility index (Phi) is 20.7. The first-order chi connectivity index (χ1) is 30.3. The molecule has 10 N–H and O–H groups in total. The molecular formula is C41H71N5O18S2. The maximum atomic E-state index is 13.4. The lowest BCUT2D eigenvalue weighted by molar-refractivity contribution is -0.332. The molecule has 0 bridgehead atoms. The summed E-state index contributed by atoms with van der Waals surface area (Å²) in [5.74, 6) is 0.490. The van der Waals surface area contributed by atoms with Crippen LogP contribution in [0.4, 0.5) is 19.2 Å². The number of amides is 4. The number of hydrogen-bond donors (Lipinski definition) is 10. The highest BCUT2D eigenvalue weighted by atomic mass is 32.2. The fraction of sp³-hybridized carbons (Fsp3) is 0.878. The summed E-state index contributed by atoms with van der Waals surface area (Å²) in [6, 6.07) is -4.13. The van der Waals surface area contributed by atoms with Crippen LogP contribution in [-0.2, 0) is 37.9 Å². The number of nitrogens with one attached hydrogen (secondary N) is 4. The molecule has 0 aromatic carbocycles. The highest BCUT2D eigenvalue weighted by molar-refractivity contribution is 7.99. The number of hydrogen-bond acceptors (Lipinski definition) is 21. The minimum Gasteiger partial charge on any atom is -0.444 e. The van der Waals surface area contributed by atoms with Crippen LogP contribution >= 0.6 is 24.0 Å². The summed E-state index contributed by atoms with van der Waals surface area (Å²) >= 11 is 5.93. The van der Waals surface area contributed by atoms with Gasteiger partial charge in [0.05, 0.1) is 35.9 Å². The van der Waals surface area contributed by atoms with E-state index in [1.807, 2.05) is 0 Å². The van der Waals surface area contributed by atoms with Crippen LogP contribution in [0.1, 0.15) is 89.5 Å². The summed E-state index contributed by atoms with van der Waals surface area (Å²) in [5.41, 5.74) is -3.88. The van der Waals surface area contributed by atoms with Crippen LogP contribution < -0.4 is 21.3 Å². The first-order valence-corrected chi connectivity index (χ1v) is 23.1. The van der Waals surface area contributed by atoms with Crippen molar-refractivity contribution in [2.24, 2.45) is 4.99 Å². The van der Waals surface area contributed by atoms with Gasteiger partial charge in [-0.1, -0.05) is 0 Å². The predicted octanol–water partition coefficient (Wildman–Crippen LogP) is 0.816. The third kappa shape index (κ3) is 18.4. The van der Waals surface area contributed by atoms with Gasteiger partial charge in [0.2, 0.25) is 0 Å². The van der Waals surface area contributed by atoms with E-state index in [-0.39, 0.29) is 12.2 Å². The summed E-state index contributed by atoms with van der Waals surface area (Å²) in [6.07, 6.45) is -24.8. The van der Waals surface area contributed by atoms with E-state index in [1.165, 1.54) is 11.8 Å². The number of rotatable bonds is 14. The van der Waals surface area contributed by atoms with Crippen molar-refractivity contribution in [3.63, 3.8) is 0 Å². The Morgan fingerprint density at radius 1 is 0.606 bits per heavy atom. The molecule has 0 unspecified atom stereocenters. The fourth-order valence-electron chi connectivity index (χ4n) is 6.92. The number of carbonyl (C=O) groups excluding carboxylic acids is 4. The molecule has 0 aromatic rings. The summed E-state index contributed by atoms with van der Waals surface area (Å²) < 4.78 is 46.2. The normalized spacial score (nSPS) is 33.0. The van der Waals surface area contributed by atoms with Gasteiger partial charge in [-0.15, -0.1) is 0 Å². The first-order valence-electron chi connectivity index (χ1n) is 21.6. The van der Waals surface area contributed by atoms with E-state index in [0.717, 1.165) is 0 Å². The molecule has 23 nitrogen and oxygen atoms in total. The average Bonchev–Trinajstić information content (AvgIpc) is 3.14. The van der Waals surface area contributed by atoms with Crippen LogP contribution in [0.3, 0.4) is 0 Å². The number of aliphatic hydroxyl groups is 6. The second kappa shape index (κ2) is 23.9. The van der Waals surface area contributed by atoms with Crippen molar-refractivity contribution >= 4 is 53.5 Å². The third-order valence-electron chi connectivity index (χ3n) is 9.56. The Labute approximate surface area is 394 Å². The quantitative estimate of drug-likeness (QED) is 0.0498. The molecule has 3 aliphatic rings. The van der Waals surface area contributed by atoms with E-state index in [1.54, 1.807) is 83.1 Å². The monoisotopic (exact) mass is 985 g/mol. The average molecular weight is 986 g/mol. The van der Waals surface area contributed by atoms with Crippen LogP contribution in [0.15, 0.2) is 4.99 Å². The second-order valence-electron chi connectivity index (χ2n) is 20.1. The lowest BCUT2D eigenvalue weighted by Gasteiger charge is -2.49. The molecule has 66 heavy (non-hydrogen) atoms. The number of nitrogens with zero attached hydrogens (tertiary/aromatic N) is 1. The zero-order chi connectivity index (χ0) is 50.1. The highest BCUT2D eigenvalue weighted by Crippen LogP contribution is 2.34. The Morgan fingerprint density at radius 2 is 1.05 bits per heavy atom. The minimum atomic E-state index is -1.98. The zero-order valence-electron chi connectivity index (χ0n) is 39.5. The Bertz CT molecular complexity index is 1670. The largest absolute Gasteiger partial charge is 0.444 e. The smallest absolute Gasteiger partial charge is 0.408 e. The van der Waals surface area contributed by atoms with Crippen LogP contribution in [0.5, 0.6) is 0 Å². The molecule has 2 heterocycles. The van der Waals surface area contributed by atoms with Crippen molar-refractivity contribution in [1.29, 1.82) is 0 Å². The number of aliphatic imine (C=N–C) groups is 1. The molecule has 380 valence electrons. The summed E-state index contributed by atoms with van der Waals surface area (Å²) in [6.45, 7) is 19.2. The van der Waals surface area contributed by atoms with E-state index in [0.29, 0.717) is 12.3 Å². The molecule has 3 fully saturated rings. The maximum Gasteiger partial charge on any atom is 0.408 e. The van der Waals surface area contributed by atoms with Gasteiger partial charge in [-0.05, 0) is 102 Å². The third-order valence-corrected chi connectivity index (χ3v) is 10.7. The van der Waals surface area contributed by atoms with Crippen molar-refractivity contribution in [3.8, 4) is 0 Å². The van der Waals surface area contributed by atoms with E-state index in [2.05, 4.69) is 43.6 Å². The summed E-state index contributed by atoms with van der Waals surface area (Å²) in [7, 11) is 0. The molecule has 0 aromatic heterocycles. The molecule has 1 aliphatic carbocycles. The van der Waals surface area contributed by atoms with E-state index < -0.39 is 145 Å². The van der Waals surface area contributed by atoms with Crippen molar-refractivity contribution in [2.75, 3.05) is 24.6 Å². The van der Waals surface area contributed by atoms with Crippen molar-refractivity contribution < 1.29 is 87.7 Å². The van der Waals surface area contributed by atoms with Gasteiger partial charge in [-0.25, -0.2) is 24.2 Å². The lowest BCUT2D eigenvalue weighted by Crippen LogP contribution is -2.70. The van der Waals surface area contributed by atoms with Gasteiger partial charge >= 0.3 is 24.4 Å². The molecule has 25 heteroatoms. The van der Waals surface area contributed by atoms with Gasteiger partial charge in [0, 0.05) is 18.1 Å². The fourth-order valence-corrected chi connectivity index (χ4v) is 7.90. The topological polar surface area (TPSA) is 324 Å². The standard InChI is InChI=1S/C41H71N5O18S2/c1-38(2,3)61-34(53)43-16-21-25(48)27(50)28(51)33(57-21)60-31-20(45-36(55)63-40(7,8)9)15-19(44-35(54)62-39(4,5)6)30(29(31)52)59-32-26(49)23(46-37(56)64-41(10,11)12)24(47)22(58-32)17-66-14-13-42-18-65/h19-33,47-52H,13-17H2,1-12H3,(H,43,53)(H,44,54)(H,45,55)(H,46,56)/t19-,20+,21-,22-,23+,24-,25-,26-,27+,28-,29-,30+,31-,32-,33-/m1/s1. The molecule has 4 amide bonds. The number of alkyl carbamates (subject to hydrolysis) is 4. The highest BCUT2D eigenvalue weighted by Gasteiger charge is 2.55. The van der Waals surface area contributed by atoms with E-state index >= 15 is 0 Å². The molecule has 2 saturated heterocycles. The molecule has 2 aliphatic heterocycles. The van der Waals surface area contributed by atoms with Crippen molar-refractivity contribution in [1.82, 2.24) is 21.3 Å². The molecule has 0 spiro atoms. The number of aliphatic hydroxyl groups excluding tert-OH is 6. The Morgan fingerprint density at radius 3 is 1.52 bits per heavy atom. The van der Waals surface area contributed by atoms with Gasteiger partial charge in [-0.2, -0.15) is 11.8 Å². The van der Waals surface area contributed by atoms with Crippen molar-refractivity contribution in [3.05, 3.63) is 0 Å². The Hall–Kier alpha value is -3.17. The predicted molar refractivity (Wildman–Crippen MR) is 239 cm³/mol. The number of ether oxygens (including phenoxy) is 8. The van der Waals surface area contributed by atoms with Crippen LogP contribution in [0.2, 0.25) is 0 Å². The molecule has 3 rings (SSSR count). The number of isothiocyanates is 1. The van der Waals surface area contributed by atoms with Gasteiger partial charge in [0.25, 0.3) is 0 Å². The van der Waals surface area contributed by atoms with Gasteiger partial charge in [0.15, 0.2) is 12.6 Å². The molecule has 1 saturated carbocycles. The number of thioether (sulfide) groups is 1. The van der Waals surface area contributed by atoms with Gasteiger partial charge in [0.1, 0.15) is 77.3 Å². The summed E-state index contributed by atoms with van der Waals surface area (Å²) in [4.78, 5) is 56.1. The zero-order valence-corrected chi connectivity index (χ0v) is 41.2. The molecular weight excluding hydrogens is 915 g/mol. The van der Waals surface area contributed by atoms with E-state index in [9.17, 15) is 49.8 Å². The summed E-state index contributed by atoms with van der Waals surface area (Å²) in [5, 5.41) is 81.0. The van der Waals surface area contributed by atoms with Gasteiger partial charge < -0.3 is 89.8 Å². The van der Waals surface area contributed by atoms with Crippen LogP contribution in [0, 0.1) is 0 Å². The SMILES string of the molecule is CC(C)(C)OC(=O)NC[C@H]1O[C@H](O[C@H]2[C@H](O)[C@@H](O[C@H]3O[C@H](CSCCN=C=S)[C@@H](O)[C@H](NC(=O)OC(C)(C)C)[C@H]3O)[C@H](NC(=O)OC(C)(C)C)C[C@@H]2NC(=O)OC(C)(C)C)[C@H](O)[C@@H](O)[C@@H]1O. The second-order valence-corrected chi connectivity index (χ2v) is 21.4. The lowest BCUT2D eigenvalue weighted by atomic mass is 9.83. The van der Waals surface area contributed by atoms with E-state index in [4.69, 9.17) is 37.9 Å².